The molecule has 4 nitrogen and oxygen atoms in total. The lowest BCUT2D eigenvalue weighted by Crippen LogP contribution is -2.28. The second kappa shape index (κ2) is 5.30. The number of para-hydroxylation sites is 1. The Labute approximate surface area is 121 Å². The van der Waals surface area contributed by atoms with Gasteiger partial charge in [0.1, 0.15) is 10.7 Å². The van der Waals surface area contributed by atoms with Gasteiger partial charge in [-0.1, -0.05) is 23.7 Å². The Hall–Kier alpha value is -1.79. The molecular weight excluding hydrogens is 303 g/mol. The van der Waals surface area contributed by atoms with Crippen LogP contribution in [-0.2, 0) is 10.0 Å². The van der Waals surface area contributed by atoms with Crippen LogP contribution in [0.4, 0.5) is 15.8 Å². The van der Waals surface area contributed by atoms with Crippen LogP contribution in [0.15, 0.2) is 47.4 Å². The van der Waals surface area contributed by atoms with Crippen LogP contribution in [0.2, 0.25) is 5.02 Å². The van der Waals surface area contributed by atoms with E-state index >= 15 is 0 Å². The average molecular weight is 315 g/mol. The Kier molecular flexibility index (Phi) is 3.87. The number of sulfonamides is 1. The molecule has 0 heterocycles. The summed E-state index contributed by atoms with van der Waals surface area (Å²) in [5.41, 5.74) is 5.66. The SMILES string of the molecule is CN(c1ccccc1F)S(=O)(=O)c1cc(Cl)ccc1N. The van der Waals surface area contributed by atoms with Crippen molar-refractivity contribution < 1.29 is 12.8 Å². The lowest BCUT2D eigenvalue weighted by atomic mass is 10.3. The number of hydrogen-bond donors (Lipinski definition) is 1. The largest absolute Gasteiger partial charge is 0.398 e. The highest BCUT2D eigenvalue weighted by Gasteiger charge is 2.25. The average Bonchev–Trinajstić information content (AvgIpc) is 2.41. The number of hydrogen-bond acceptors (Lipinski definition) is 3. The van der Waals surface area contributed by atoms with Crippen molar-refractivity contribution in [1.29, 1.82) is 0 Å². The number of benzene rings is 2. The summed E-state index contributed by atoms with van der Waals surface area (Å²) in [6.45, 7) is 0. The molecule has 20 heavy (non-hydrogen) atoms. The third-order valence-electron chi connectivity index (χ3n) is 2.81. The molecule has 2 rings (SSSR count). The Balaban J connectivity index is 2.56. The molecule has 0 aliphatic heterocycles. The maximum Gasteiger partial charge on any atom is 0.266 e. The maximum absolute atomic E-state index is 13.7. The zero-order valence-electron chi connectivity index (χ0n) is 10.5. The number of nitrogen functional groups attached to an aromatic ring is 1. The molecule has 0 aliphatic rings. The van der Waals surface area contributed by atoms with Gasteiger partial charge in [0, 0.05) is 12.1 Å². The van der Waals surface area contributed by atoms with Crippen LogP contribution in [0.25, 0.3) is 0 Å². The van der Waals surface area contributed by atoms with Crippen molar-refractivity contribution in [3.8, 4) is 0 Å². The second-order valence-corrected chi connectivity index (χ2v) is 6.48. The van der Waals surface area contributed by atoms with Crippen molar-refractivity contribution in [2.45, 2.75) is 4.90 Å². The van der Waals surface area contributed by atoms with Gasteiger partial charge in [-0.05, 0) is 30.3 Å². The molecule has 2 N–H and O–H groups in total. The van der Waals surface area contributed by atoms with Gasteiger partial charge in [0.25, 0.3) is 10.0 Å². The van der Waals surface area contributed by atoms with Gasteiger partial charge in [0.05, 0.1) is 11.4 Å². The smallest absolute Gasteiger partial charge is 0.266 e. The molecule has 0 radical (unpaired) electrons. The molecule has 0 saturated carbocycles. The summed E-state index contributed by atoms with van der Waals surface area (Å²) in [7, 11) is -2.73. The summed E-state index contributed by atoms with van der Waals surface area (Å²) < 4.78 is 39.5. The fourth-order valence-corrected chi connectivity index (χ4v) is 3.30. The maximum atomic E-state index is 13.7. The van der Waals surface area contributed by atoms with E-state index in [1.54, 1.807) is 6.07 Å². The number of nitrogens with two attached hydrogens (primary N) is 1. The van der Waals surface area contributed by atoms with Crippen LogP contribution in [0.5, 0.6) is 0 Å². The third-order valence-corrected chi connectivity index (χ3v) is 4.87. The first kappa shape index (κ1) is 14.6. The normalized spacial score (nSPS) is 11.3. The third kappa shape index (κ3) is 2.57. The summed E-state index contributed by atoms with van der Waals surface area (Å²) in [4.78, 5) is -0.157. The molecule has 0 aromatic heterocycles. The Morgan fingerprint density at radius 1 is 1.20 bits per heavy atom. The summed E-state index contributed by atoms with van der Waals surface area (Å²) in [6.07, 6.45) is 0. The molecule has 0 unspecified atom stereocenters. The molecule has 2 aromatic rings. The van der Waals surface area contributed by atoms with Crippen LogP contribution < -0.4 is 10.0 Å². The molecule has 2 aromatic carbocycles. The van der Waals surface area contributed by atoms with Gasteiger partial charge >= 0.3 is 0 Å². The monoisotopic (exact) mass is 314 g/mol. The van der Waals surface area contributed by atoms with Crippen molar-refractivity contribution in [3.63, 3.8) is 0 Å². The zero-order valence-corrected chi connectivity index (χ0v) is 12.1. The van der Waals surface area contributed by atoms with Gasteiger partial charge in [-0.2, -0.15) is 0 Å². The Bertz CT molecular complexity index is 750. The lowest BCUT2D eigenvalue weighted by molar-refractivity contribution is 0.590. The zero-order chi connectivity index (χ0) is 14.9. The van der Waals surface area contributed by atoms with Crippen LogP contribution in [-0.4, -0.2) is 15.5 Å². The van der Waals surface area contributed by atoms with Crippen molar-refractivity contribution in [2.24, 2.45) is 0 Å². The molecule has 106 valence electrons. The van der Waals surface area contributed by atoms with E-state index in [1.165, 1.54) is 43.4 Å². The van der Waals surface area contributed by atoms with Crippen molar-refractivity contribution >= 4 is 33.0 Å². The first-order valence-electron chi connectivity index (χ1n) is 5.62. The predicted octanol–water partition coefficient (Wildman–Crippen LogP) is 2.89. The van der Waals surface area contributed by atoms with Gasteiger partial charge in [-0.3, -0.25) is 4.31 Å². The molecule has 7 heteroatoms. The highest BCUT2D eigenvalue weighted by molar-refractivity contribution is 7.93. The van der Waals surface area contributed by atoms with Crippen LogP contribution >= 0.6 is 11.6 Å². The Morgan fingerprint density at radius 2 is 1.85 bits per heavy atom. The highest BCUT2D eigenvalue weighted by atomic mass is 35.5. The fourth-order valence-electron chi connectivity index (χ4n) is 1.72. The lowest BCUT2D eigenvalue weighted by Gasteiger charge is -2.21. The topological polar surface area (TPSA) is 63.4 Å². The van der Waals surface area contributed by atoms with Gasteiger partial charge in [-0.25, -0.2) is 12.8 Å². The number of rotatable bonds is 3. The summed E-state index contributed by atoms with van der Waals surface area (Å²) in [5, 5.41) is 0.236. The number of halogens is 2. The van der Waals surface area contributed by atoms with Gasteiger partial charge < -0.3 is 5.73 Å². The molecule has 0 amide bonds. The van der Waals surface area contributed by atoms with Crippen molar-refractivity contribution in [1.82, 2.24) is 0 Å². The van der Waals surface area contributed by atoms with E-state index in [-0.39, 0.29) is 21.3 Å². The predicted molar refractivity (Wildman–Crippen MR) is 77.9 cm³/mol. The quantitative estimate of drug-likeness (QED) is 0.886. The molecular formula is C13H12ClFN2O2S. The highest BCUT2D eigenvalue weighted by Crippen LogP contribution is 2.29. The van der Waals surface area contributed by atoms with Crippen molar-refractivity contribution in [3.05, 3.63) is 53.3 Å². The van der Waals surface area contributed by atoms with Gasteiger partial charge in [0.15, 0.2) is 0 Å². The van der Waals surface area contributed by atoms with Gasteiger partial charge in [-0.15, -0.1) is 0 Å². The fraction of sp³-hybridized carbons (Fsp3) is 0.0769. The number of nitrogens with zero attached hydrogens (tertiary/aromatic N) is 1. The molecule has 0 bridgehead atoms. The van der Waals surface area contributed by atoms with E-state index in [1.807, 2.05) is 0 Å². The van der Waals surface area contributed by atoms with Crippen LogP contribution in [0, 0.1) is 5.82 Å². The minimum absolute atomic E-state index is 0.0533. The van der Waals surface area contributed by atoms with E-state index in [0.29, 0.717) is 0 Å². The van der Waals surface area contributed by atoms with E-state index in [2.05, 4.69) is 0 Å². The van der Waals surface area contributed by atoms with Crippen molar-refractivity contribution in [2.75, 3.05) is 17.1 Å². The minimum atomic E-state index is -3.98. The molecule has 0 aliphatic carbocycles. The Morgan fingerprint density at radius 3 is 2.50 bits per heavy atom. The number of anilines is 2. The van der Waals surface area contributed by atoms with Crippen LogP contribution in [0.3, 0.4) is 0 Å². The standard InChI is InChI=1S/C13H12ClFN2O2S/c1-17(12-5-3-2-4-10(12)15)20(18,19)13-8-9(14)6-7-11(13)16/h2-8H,16H2,1H3. The van der Waals surface area contributed by atoms with Gasteiger partial charge in [0.2, 0.25) is 0 Å². The molecule has 0 spiro atoms. The van der Waals surface area contributed by atoms with Crippen LogP contribution in [0.1, 0.15) is 0 Å². The van der Waals surface area contributed by atoms with E-state index in [9.17, 15) is 12.8 Å². The minimum Gasteiger partial charge on any atom is -0.398 e. The van der Waals surface area contributed by atoms with E-state index in [0.717, 1.165) is 4.31 Å². The van der Waals surface area contributed by atoms with E-state index < -0.39 is 15.8 Å². The first-order valence-corrected chi connectivity index (χ1v) is 7.44. The van der Waals surface area contributed by atoms with E-state index in [4.69, 9.17) is 17.3 Å². The first-order chi connectivity index (χ1) is 9.34. The molecule has 0 fully saturated rings. The molecule has 0 atom stereocenters. The summed E-state index contributed by atoms with van der Waals surface area (Å²) in [6, 6.07) is 9.70. The second-order valence-electron chi connectivity index (χ2n) is 4.11. The summed E-state index contributed by atoms with van der Waals surface area (Å²) >= 11 is 5.79. The molecule has 0 saturated heterocycles. The summed E-state index contributed by atoms with van der Waals surface area (Å²) in [5.74, 6) is -0.640.